The molecule has 0 unspecified atom stereocenters. The Morgan fingerprint density at radius 1 is 0.950 bits per heavy atom. The number of nitrogen functional groups attached to an aromatic ring is 1. The maximum Gasteiger partial charge on any atom is 0.264 e. The van der Waals surface area contributed by atoms with Crippen molar-refractivity contribution in [2.75, 3.05) is 10.5 Å². The number of sulfonamides is 1. The van der Waals surface area contributed by atoms with Crippen molar-refractivity contribution in [3.8, 4) is 0 Å². The molecule has 0 spiro atoms. The van der Waals surface area contributed by atoms with Crippen LogP contribution in [0.5, 0.6) is 0 Å². The molecule has 4 nitrogen and oxygen atoms in total. The van der Waals surface area contributed by atoms with Gasteiger partial charge in [-0.2, -0.15) is 0 Å². The van der Waals surface area contributed by atoms with Gasteiger partial charge in [0.2, 0.25) is 0 Å². The highest BCUT2D eigenvalue weighted by Crippen LogP contribution is 2.25. The molecule has 20 heavy (non-hydrogen) atoms. The quantitative estimate of drug-likeness (QED) is 0.856. The molecular weight excluding hydrogens is 293 g/mol. The molecule has 0 aliphatic rings. The first-order valence-electron chi connectivity index (χ1n) is 5.34. The summed E-state index contributed by atoms with van der Waals surface area (Å²) in [6.45, 7) is 0. The minimum atomic E-state index is -4.33. The van der Waals surface area contributed by atoms with E-state index in [9.17, 15) is 21.6 Å². The predicted octanol–water partition coefficient (Wildman–Crippen LogP) is 2.49. The second-order valence-electron chi connectivity index (χ2n) is 3.86. The molecule has 0 radical (unpaired) electrons. The van der Waals surface area contributed by atoms with E-state index in [0.717, 1.165) is 36.4 Å². The molecule has 0 aliphatic carbocycles. The van der Waals surface area contributed by atoms with E-state index in [1.165, 1.54) is 0 Å². The molecule has 2 aromatic rings. The van der Waals surface area contributed by atoms with Gasteiger partial charge in [0.1, 0.15) is 10.7 Å². The molecule has 2 rings (SSSR count). The summed E-state index contributed by atoms with van der Waals surface area (Å²) in [6.07, 6.45) is 0. The normalized spacial score (nSPS) is 11.3. The van der Waals surface area contributed by atoms with Gasteiger partial charge in [0, 0.05) is 0 Å². The van der Waals surface area contributed by atoms with Crippen LogP contribution in [0.3, 0.4) is 0 Å². The van der Waals surface area contributed by atoms with Gasteiger partial charge >= 0.3 is 0 Å². The first kappa shape index (κ1) is 14.2. The van der Waals surface area contributed by atoms with Crippen LogP contribution < -0.4 is 10.5 Å². The third kappa shape index (κ3) is 2.55. The molecule has 0 atom stereocenters. The van der Waals surface area contributed by atoms with Gasteiger partial charge in [0.05, 0.1) is 11.4 Å². The second kappa shape index (κ2) is 5.04. The zero-order valence-corrected chi connectivity index (χ0v) is 10.7. The fraction of sp³-hybridized carbons (Fsp3) is 0. The van der Waals surface area contributed by atoms with Crippen molar-refractivity contribution in [1.29, 1.82) is 0 Å². The number of nitrogens with one attached hydrogen (secondary N) is 1. The van der Waals surface area contributed by atoms with Crippen molar-refractivity contribution in [2.24, 2.45) is 0 Å². The smallest absolute Gasteiger partial charge is 0.264 e. The molecule has 0 aromatic heterocycles. The lowest BCUT2D eigenvalue weighted by atomic mass is 10.3. The number of rotatable bonds is 3. The predicted molar refractivity (Wildman–Crippen MR) is 68.0 cm³/mol. The first-order valence-corrected chi connectivity index (χ1v) is 6.82. The number of hydrogen-bond donors (Lipinski definition) is 2. The van der Waals surface area contributed by atoms with Crippen molar-refractivity contribution in [3.63, 3.8) is 0 Å². The Bertz CT molecular complexity index is 763. The number of para-hydroxylation sites is 1. The summed E-state index contributed by atoms with van der Waals surface area (Å²) >= 11 is 0. The molecule has 0 amide bonds. The molecular formula is C12H9F3N2O2S. The lowest BCUT2D eigenvalue weighted by Gasteiger charge is -2.11. The molecule has 0 saturated heterocycles. The van der Waals surface area contributed by atoms with E-state index in [1.807, 2.05) is 4.72 Å². The zero-order valence-electron chi connectivity index (χ0n) is 9.90. The van der Waals surface area contributed by atoms with Crippen molar-refractivity contribution >= 4 is 21.4 Å². The molecule has 8 heteroatoms. The minimum Gasteiger partial charge on any atom is -0.395 e. The van der Waals surface area contributed by atoms with Gasteiger partial charge in [0.25, 0.3) is 10.0 Å². The van der Waals surface area contributed by atoms with Gasteiger partial charge in [0.15, 0.2) is 11.6 Å². The lowest BCUT2D eigenvalue weighted by Crippen LogP contribution is -2.16. The van der Waals surface area contributed by atoms with E-state index in [1.54, 1.807) is 0 Å². The number of hydrogen-bond acceptors (Lipinski definition) is 3. The Labute approximate surface area is 113 Å². The summed E-state index contributed by atoms with van der Waals surface area (Å²) in [4.78, 5) is -0.554. The first-order chi connectivity index (χ1) is 9.33. The van der Waals surface area contributed by atoms with Gasteiger partial charge < -0.3 is 5.73 Å². The van der Waals surface area contributed by atoms with Gasteiger partial charge in [-0.15, -0.1) is 0 Å². The van der Waals surface area contributed by atoms with Crippen molar-refractivity contribution < 1.29 is 21.6 Å². The van der Waals surface area contributed by atoms with Crippen molar-refractivity contribution in [3.05, 3.63) is 53.8 Å². The van der Waals surface area contributed by atoms with Crippen LogP contribution in [0.25, 0.3) is 0 Å². The Hall–Kier alpha value is -2.22. The van der Waals surface area contributed by atoms with E-state index in [4.69, 9.17) is 5.73 Å². The summed E-state index contributed by atoms with van der Waals surface area (Å²) in [6, 6.07) is 6.18. The Balaban J connectivity index is 2.47. The molecule has 3 N–H and O–H groups in total. The van der Waals surface area contributed by atoms with Crippen LogP contribution in [0.15, 0.2) is 41.3 Å². The molecule has 2 aromatic carbocycles. The zero-order chi connectivity index (χ0) is 14.9. The van der Waals surface area contributed by atoms with Gasteiger partial charge in [-0.1, -0.05) is 12.1 Å². The van der Waals surface area contributed by atoms with E-state index in [2.05, 4.69) is 0 Å². The van der Waals surface area contributed by atoms with E-state index < -0.39 is 43.7 Å². The van der Waals surface area contributed by atoms with Crippen LogP contribution in [0.1, 0.15) is 0 Å². The number of nitrogens with two attached hydrogens (primary N) is 1. The molecule has 0 fully saturated rings. The standard InChI is InChI=1S/C12H9F3N2O2S/c13-7-3-1-5-9(11(7)15)17-20(18,19)10-6-2-4-8(14)12(10)16/h1-6,17H,16H2. The number of halogens is 3. The van der Waals surface area contributed by atoms with Crippen molar-refractivity contribution in [1.82, 2.24) is 0 Å². The Morgan fingerprint density at radius 3 is 2.25 bits per heavy atom. The van der Waals surface area contributed by atoms with Crippen LogP contribution in [0.2, 0.25) is 0 Å². The molecule has 0 bridgehead atoms. The molecule has 106 valence electrons. The van der Waals surface area contributed by atoms with Crippen molar-refractivity contribution in [2.45, 2.75) is 4.90 Å². The minimum absolute atomic E-state index is 0.554. The fourth-order valence-electron chi connectivity index (χ4n) is 1.53. The van der Waals surface area contributed by atoms with Gasteiger partial charge in [-0.25, -0.2) is 21.6 Å². The van der Waals surface area contributed by atoms with Crippen LogP contribution in [0, 0.1) is 17.5 Å². The largest absolute Gasteiger partial charge is 0.395 e. The van der Waals surface area contributed by atoms with E-state index in [0.29, 0.717) is 0 Å². The highest BCUT2D eigenvalue weighted by molar-refractivity contribution is 7.92. The second-order valence-corrected chi connectivity index (χ2v) is 5.51. The number of anilines is 2. The number of benzene rings is 2. The summed E-state index contributed by atoms with van der Waals surface area (Å²) in [5, 5.41) is 0. The third-order valence-corrected chi connectivity index (χ3v) is 3.92. The summed E-state index contributed by atoms with van der Waals surface area (Å²) < 4.78 is 65.5. The van der Waals surface area contributed by atoms with Crippen LogP contribution in [0.4, 0.5) is 24.5 Å². The van der Waals surface area contributed by atoms with Crippen LogP contribution in [-0.4, -0.2) is 8.42 Å². The summed E-state index contributed by atoms with van der Waals surface area (Å²) in [5.74, 6) is -3.49. The van der Waals surface area contributed by atoms with Crippen LogP contribution in [-0.2, 0) is 10.0 Å². The van der Waals surface area contributed by atoms with E-state index in [-0.39, 0.29) is 0 Å². The highest BCUT2D eigenvalue weighted by atomic mass is 32.2. The van der Waals surface area contributed by atoms with Gasteiger partial charge in [-0.3, -0.25) is 4.72 Å². The topological polar surface area (TPSA) is 72.2 Å². The monoisotopic (exact) mass is 302 g/mol. The van der Waals surface area contributed by atoms with Crippen LogP contribution >= 0.6 is 0 Å². The third-order valence-electron chi connectivity index (χ3n) is 2.50. The average Bonchev–Trinajstić information content (AvgIpc) is 2.38. The summed E-state index contributed by atoms with van der Waals surface area (Å²) in [5.41, 5.74) is 4.14. The molecule has 0 saturated carbocycles. The lowest BCUT2D eigenvalue weighted by molar-refractivity contribution is 0.511. The Kier molecular flexibility index (Phi) is 3.58. The maximum atomic E-state index is 13.4. The fourth-order valence-corrected chi connectivity index (χ4v) is 2.74. The summed E-state index contributed by atoms with van der Waals surface area (Å²) in [7, 11) is -4.33. The Morgan fingerprint density at radius 2 is 1.55 bits per heavy atom. The molecule has 0 heterocycles. The highest BCUT2D eigenvalue weighted by Gasteiger charge is 2.21. The van der Waals surface area contributed by atoms with Gasteiger partial charge in [-0.05, 0) is 24.3 Å². The van der Waals surface area contributed by atoms with E-state index >= 15 is 0 Å². The SMILES string of the molecule is Nc1c(F)cccc1S(=O)(=O)Nc1cccc(F)c1F. The maximum absolute atomic E-state index is 13.4. The average molecular weight is 302 g/mol. The molecule has 0 aliphatic heterocycles.